The predicted octanol–water partition coefficient (Wildman–Crippen LogP) is 1.46. The minimum atomic E-state index is -0.619. The third-order valence-electron chi connectivity index (χ3n) is 6.33. The summed E-state index contributed by atoms with van der Waals surface area (Å²) in [6.07, 6.45) is 2.49. The molecule has 6 N–H and O–H groups in total. The maximum Gasteiger partial charge on any atom is 0.315 e. The maximum absolute atomic E-state index is 14.5. The minimum absolute atomic E-state index is 0.00512. The number of halogens is 1. The van der Waals surface area contributed by atoms with E-state index in [4.69, 9.17) is 5.73 Å². The van der Waals surface area contributed by atoms with Crippen molar-refractivity contribution in [2.75, 3.05) is 10.6 Å². The van der Waals surface area contributed by atoms with E-state index in [1.165, 1.54) is 0 Å². The van der Waals surface area contributed by atoms with Crippen LogP contribution in [0.2, 0.25) is 0 Å². The molecule has 1 aromatic carbocycles. The number of carbonyl (C=O) groups excluding carboxylic acids is 2. The molecule has 10 heteroatoms. The molecule has 2 aromatic rings. The Hall–Kier alpha value is -3.43. The lowest BCUT2D eigenvalue weighted by Crippen LogP contribution is -2.53. The number of urea groups is 1. The van der Waals surface area contributed by atoms with Crippen LogP contribution >= 0.6 is 0 Å². The van der Waals surface area contributed by atoms with Gasteiger partial charge in [0.15, 0.2) is 11.6 Å². The molecule has 2 fully saturated rings. The van der Waals surface area contributed by atoms with E-state index >= 15 is 0 Å². The molecule has 2 aliphatic carbocycles. The molecule has 3 aliphatic rings. The highest BCUT2D eigenvalue weighted by molar-refractivity contribution is 5.80. The lowest BCUT2D eigenvalue weighted by Gasteiger charge is -2.35. The van der Waals surface area contributed by atoms with E-state index in [9.17, 15) is 14.0 Å². The van der Waals surface area contributed by atoms with Gasteiger partial charge >= 0.3 is 6.03 Å². The highest BCUT2D eigenvalue weighted by Gasteiger charge is 2.55. The van der Waals surface area contributed by atoms with Gasteiger partial charge in [0.2, 0.25) is 11.9 Å². The first kappa shape index (κ1) is 18.6. The van der Waals surface area contributed by atoms with Gasteiger partial charge < -0.3 is 27.0 Å². The Morgan fingerprint density at radius 3 is 2.93 bits per heavy atom. The molecular weight excluding hydrogens is 389 g/mol. The van der Waals surface area contributed by atoms with Gasteiger partial charge in [-0.15, -0.1) is 0 Å². The van der Waals surface area contributed by atoms with Gasteiger partial charge in [-0.05, 0) is 36.5 Å². The van der Waals surface area contributed by atoms with Crippen LogP contribution in [0, 0.1) is 23.6 Å². The second-order valence-corrected chi connectivity index (χ2v) is 8.14. The zero-order valence-electron chi connectivity index (χ0n) is 16.1. The van der Waals surface area contributed by atoms with Crippen LogP contribution in [-0.2, 0) is 11.3 Å². The number of nitrogens with zero attached hydrogens (tertiary/aromatic N) is 2. The number of nitrogens with one attached hydrogen (secondary N) is 4. The number of hydrogen-bond acceptors (Lipinski definition) is 6. The lowest BCUT2D eigenvalue weighted by atomic mass is 9.81. The van der Waals surface area contributed by atoms with E-state index in [2.05, 4.69) is 31.2 Å². The van der Waals surface area contributed by atoms with Gasteiger partial charge in [0.25, 0.3) is 0 Å². The number of fused-ring (bicyclic) bond motifs is 5. The number of amides is 3. The van der Waals surface area contributed by atoms with E-state index < -0.39 is 23.7 Å². The number of hydrogen-bond donors (Lipinski definition) is 5. The Balaban J connectivity index is 1.53. The van der Waals surface area contributed by atoms with Crippen molar-refractivity contribution in [1.29, 1.82) is 0 Å². The normalized spacial score (nSPS) is 29.5. The Labute approximate surface area is 172 Å². The van der Waals surface area contributed by atoms with Crippen LogP contribution in [-0.4, -0.2) is 34.0 Å². The summed E-state index contributed by atoms with van der Waals surface area (Å²) in [5.41, 5.74) is 7.27. The van der Waals surface area contributed by atoms with Crippen molar-refractivity contribution in [2.45, 2.75) is 31.5 Å². The van der Waals surface area contributed by atoms with Gasteiger partial charge in [0.05, 0.1) is 12.1 Å². The minimum Gasteiger partial charge on any atom is -0.369 e. The second-order valence-electron chi connectivity index (χ2n) is 8.14. The zero-order chi connectivity index (χ0) is 20.8. The van der Waals surface area contributed by atoms with Gasteiger partial charge in [-0.3, -0.25) is 4.79 Å². The van der Waals surface area contributed by atoms with E-state index in [-0.39, 0.29) is 35.7 Å². The summed E-state index contributed by atoms with van der Waals surface area (Å²) < 4.78 is 14.5. The molecule has 1 aromatic heterocycles. The first-order valence-corrected chi connectivity index (χ1v) is 9.96. The van der Waals surface area contributed by atoms with Crippen molar-refractivity contribution in [1.82, 2.24) is 20.6 Å². The molecule has 9 nitrogen and oxygen atoms in total. The van der Waals surface area contributed by atoms with Crippen LogP contribution < -0.4 is 27.0 Å². The number of aromatic nitrogens is 2. The van der Waals surface area contributed by atoms with Crippen LogP contribution in [0.3, 0.4) is 0 Å². The van der Waals surface area contributed by atoms with Crippen molar-refractivity contribution < 1.29 is 14.0 Å². The van der Waals surface area contributed by atoms with Gasteiger partial charge in [0, 0.05) is 30.2 Å². The fourth-order valence-corrected chi connectivity index (χ4v) is 5.11. The average Bonchev–Trinajstić information content (AvgIpc) is 3.26. The summed E-state index contributed by atoms with van der Waals surface area (Å²) in [5, 5.41) is 12.0. The summed E-state index contributed by atoms with van der Waals surface area (Å²) in [4.78, 5) is 32.9. The van der Waals surface area contributed by atoms with Gasteiger partial charge in [-0.2, -0.15) is 4.98 Å². The quantitative estimate of drug-likeness (QED) is 0.482. The molecule has 2 saturated carbocycles. The fourth-order valence-electron chi connectivity index (χ4n) is 5.11. The number of rotatable bonds is 1. The lowest BCUT2D eigenvalue weighted by molar-refractivity contribution is -0.123. The monoisotopic (exact) mass is 411 g/mol. The highest BCUT2D eigenvalue weighted by atomic mass is 19.1. The third kappa shape index (κ3) is 3.27. The van der Waals surface area contributed by atoms with E-state index in [0.29, 0.717) is 18.7 Å². The largest absolute Gasteiger partial charge is 0.369 e. The summed E-state index contributed by atoms with van der Waals surface area (Å²) in [7, 11) is 0. The number of nitrogens with two attached hydrogens (primary N) is 1. The molecule has 1 aliphatic heterocycles. The molecule has 30 heavy (non-hydrogen) atoms. The summed E-state index contributed by atoms with van der Waals surface area (Å²) in [6, 6.07) is 6.59. The Morgan fingerprint density at radius 1 is 1.23 bits per heavy atom. The fraction of sp³-hybridized carbons (Fsp3) is 0.400. The molecule has 6 bridgehead atoms. The summed E-state index contributed by atoms with van der Waals surface area (Å²) in [5.74, 6) is -1.29. The molecule has 5 atom stereocenters. The molecule has 156 valence electrons. The van der Waals surface area contributed by atoms with Crippen molar-refractivity contribution >= 4 is 29.4 Å². The molecule has 0 radical (unpaired) electrons. The third-order valence-corrected chi connectivity index (χ3v) is 6.33. The highest BCUT2D eigenvalue weighted by Crippen LogP contribution is 2.49. The average molecular weight is 411 g/mol. The van der Waals surface area contributed by atoms with Gasteiger partial charge in [-0.25, -0.2) is 14.2 Å². The Bertz CT molecular complexity index is 1020. The van der Waals surface area contributed by atoms with E-state index in [0.717, 1.165) is 18.2 Å². The molecule has 2 heterocycles. The zero-order valence-corrected chi connectivity index (χ0v) is 16.1. The standard InChI is InChI=1S/C20H22FN7O2/c21-13-8-23-19-25-11-3-1-2-9(4-11)7-24-20(30)26-14-6-10-5-12(14)16(15(10)17(22)29)27-18(13)28-19/h1-4,8,10,12,14-16H,5-7H2,(H2,22,29)(H2,24,26,30)(H2,23,25,27,28)/t10-,12-,14-,15+,16-/m1/s1. The van der Waals surface area contributed by atoms with Crippen molar-refractivity contribution in [3.05, 3.63) is 41.8 Å². The Morgan fingerprint density at radius 2 is 2.10 bits per heavy atom. The predicted molar refractivity (Wildman–Crippen MR) is 107 cm³/mol. The van der Waals surface area contributed by atoms with Crippen LogP contribution in [0.4, 0.5) is 26.6 Å². The first-order valence-electron chi connectivity index (χ1n) is 9.96. The van der Waals surface area contributed by atoms with E-state index in [1.807, 2.05) is 24.3 Å². The first-order chi connectivity index (χ1) is 14.5. The molecule has 0 unspecified atom stereocenters. The Kier molecular flexibility index (Phi) is 4.41. The van der Waals surface area contributed by atoms with Gasteiger partial charge in [0.1, 0.15) is 0 Å². The number of benzene rings is 1. The number of anilines is 3. The summed E-state index contributed by atoms with van der Waals surface area (Å²) in [6.45, 7) is 0.350. The van der Waals surface area contributed by atoms with Gasteiger partial charge in [-0.1, -0.05) is 12.1 Å². The smallest absolute Gasteiger partial charge is 0.315 e. The molecule has 0 saturated heterocycles. The maximum atomic E-state index is 14.5. The molecule has 0 spiro atoms. The number of primary amides is 1. The van der Waals surface area contributed by atoms with Crippen LogP contribution in [0.1, 0.15) is 18.4 Å². The van der Waals surface area contributed by atoms with Crippen molar-refractivity contribution in [2.24, 2.45) is 23.5 Å². The summed E-state index contributed by atoms with van der Waals surface area (Å²) >= 11 is 0. The topological polar surface area (TPSA) is 134 Å². The van der Waals surface area contributed by atoms with Crippen LogP contribution in [0.25, 0.3) is 0 Å². The second kappa shape index (κ2) is 7.12. The van der Waals surface area contributed by atoms with Crippen molar-refractivity contribution in [3.63, 3.8) is 0 Å². The SMILES string of the molecule is NC(=O)[C@H]1[C@@H]2C[C@H]3[C@H]1Nc1nc(ncc1F)Nc1cccc(c1)CNC(=O)N[C@@H]3C2. The molecule has 3 amide bonds. The van der Waals surface area contributed by atoms with E-state index in [1.54, 1.807) is 0 Å². The van der Waals surface area contributed by atoms with Crippen LogP contribution in [0.15, 0.2) is 30.5 Å². The molecule has 5 rings (SSSR count). The number of carbonyl (C=O) groups is 2. The van der Waals surface area contributed by atoms with Crippen molar-refractivity contribution in [3.8, 4) is 0 Å². The van der Waals surface area contributed by atoms with Crippen LogP contribution in [0.5, 0.6) is 0 Å². The molecular formula is C20H22FN7O2.